The minimum absolute atomic E-state index is 0.0383. The van der Waals surface area contributed by atoms with Gasteiger partial charge in [-0.2, -0.15) is 0 Å². The van der Waals surface area contributed by atoms with Crippen LogP contribution in [0.4, 0.5) is 4.39 Å². The number of ether oxygens (including phenoxy) is 1. The first-order valence-corrected chi connectivity index (χ1v) is 7.32. The Morgan fingerprint density at radius 2 is 2.23 bits per heavy atom. The number of rotatable bonds is 3. The standard InChI is InChI=1S/C15H18ClFN2O3/c1-10(20)19-6-7-22-15(2,9-19)14(21)18-8-11-12(16)4-3-5-13(11)17/h3-5H,6-9H2,1-2H3,(H,18,21)/t15-/m1/s1. The van der Waals surface area contributed by atoms with Gasteiger partial charge in [-0.15, -0.1) is 0 Å². The van der Waals surface area contributed by atoms with E-state index in [1.807, 2.05) is 0 Å². The molecule has 1 aromatic carbocycles. The van der Waals surface area contributed by atoms with Crippen molar-refractivity contribution in [2.75, 3.05) is 19.7 Å². The smallest absolute Gasteiger partial charge is 0.254 e. The van der Waals surface area contributed by atoms with Crippen LogP contribution >= 0.6 is 11.6 Å². The van der Waals surface area contributed by atoms with E-state index in [1.165, 1.54) is 19.1 Å². The minimum atomic E-state index is -1.15. The van der Waals surface area contributed by atoms with Crippen LogP contribution in [0.15, 0.2) is 18.2 Å². The van der Waals surface area contributed by atoms with Gasteiger partial charge in [-0.3, -0.25) is 9.59 Å². The molecular weight excluding hydrogens is 311 g/mol. The van der Waals surface area contributed by atoms with Gasteiger partial charge in [0.2, 0.25) is 5.91 Å². The van der Waals surface area contributed by atoms with Crippen molar-refractivity contribution in [3.63, 3.8) is 0 Å². The monoisotopic (exact) mass is 328 g/mol. The third-order valence-corrected chi connectivity index (χ3v) is 4.04. The molecule has 0 aromatic heterocycles. The van der Waals surface area contributed by atoms with Crippen LogP contribution in [0, 0.1) is 5.82 Å². The molecule has 0 bridgehead atoms. The number of morpholine rings is 1. The van der Waals surface area contributed by atoms with Gasteiger partial charge in [-0.25, -0.2) is 4.39 Å². The molecule has 1 N–H and O–H groups in total. The molecule has 2 rings (SSSR count). The number of carbonyl (C=O) groups is 2. The molecule has 1 atom stereocenters. The predicted octanol–water partition coefficient (Wildman–Crippen LogP) is 1.73. The van der Waals surface area contributed by atoms with Gasteiger partial charge in [0.1, 0.15) is 5.82 Å². The SMILES string of the molecule is CC(=O)N1CCO[C@@](C)(C(=O)NCc2c(F)cccc2Cl)C1. The highest BCUT2D eigenvalue weighted by molar-refractivity contribution is 6.31. The van der Waals surface area contributed by atoms with Crippen molar-refractivity contribution in [2.24, 2.45) is 0 Å². The van der Waals surface area contributed by atoms with E-state index in [4.69, 9.17) is 16.3 Å². The molecule has 0 spiro atoms. The number of nitrogens with one attached hydrogen (secondary N) is 1. The lowest BCUT2D eigenvalue weighted by Crippen LogP contribution is -2.58. The summed E-state index contributed by atoms with van der Waals surface area (Å²) in [5, 5.41) is 2.87. The Hall–Kier alpha value is -1.66. The highest BCUT2D eigenvalue weighted by Gasteiger charge is 2.40. The second kappa shape index (κ2) is 6.62. The summed E-state index contributed by atoms with van der Waals surface area (Å²) >= 11 is 5.92. The predicted molar refractivity (Wildman–Crippen MR) is 79.9 cm³/mol. The fourth-order valence-electron chi connectivity index (χ4n) is 2.33. The van der Waals surface area contributed by atoms with Crippen molar-refractivity contribution in [1.82, 2.24) is 10.2 Å². The number of halogens is 2. The van der Waals surface area contributed by atoms with Gasteiger partial charge >= 0.3 is 0 Å². The lowest BCUT2D eigenvalue weighted by atomic mass is 10.0. The van der Waals surface area contributed by atoms with E-state index in [2.05, 4.69) is 5.32 Å². The number of hydrogen-bond donors (Lipinski definition) is 1. The van der Waals surface area contributed by atoms with Crippen molar-refractivity contribution in [1.29, 1.82) is 0 Å². The van der Waals surface area contributed by atoms with Gasteiger partial charge in [0.15, 0.2) is 5.60 Å². The van der Waals surface area contributed by atoms with Crippen molar-refractivity contribution >= 4 is 23.4 Å². The lowest BCUT2D eigenvalue weighted by molar-refractivity contribution is -0.162. The van der Waals surface area contributed by atoms with Gasteiger partial charge in [0.05, 0.1) is 13.2 Å². The molecule has 22 heavy (non-hydrogen) atoms. The van der Waals surface area contributed by atoms with E-state index in [0.717, 1.165) is 0 Å². The van der Waals surface area contributed by atoms with Crippen LogP contribution in [0.2, 0.25) is 5.02 Å². The zero-order valence-corrected chi connectivity index (χ0v) is 13.2. The van der Waals surface area contributed by atoms with Gasteiger partial charge in [-0.05, 0) is 19.1 Å². The summed E-state index contributed by atoms with van der Waals surface area (Å²) in [5.74, 6) is -0.995. The summed E-state index contributed by atoms with van der Waals surface area (Å²) in [6.07, 6.45) is 0. The molecule has 1 aliphatic rings. The van der Waals surface area contributed by atoms with E-state index in [9.17, 15) is 14.0 Å². The van der Waals surface area contributed by atoms with E-state index >= 15 is 0 Å². The first-order valence-electron chi connectivity index (χ1n) is 6.94. The Balaban J connectivity index is 2.04. The van der Waals surface area contributed by atoms with Crippen LogP contribution < -0.4 is 5.32 Å². The summed E-state index contributed by atoms with van der Waals surface area (Å²) in [6.45, 7) is 3.92. The Bertz CT molecular complexity index is 576. The molecule has 0 aliphatic carbocycles. The molecule has 0 saturated carbocycles. The maximum absolute atomic E-state index is 13.7. The zero-order chi connectivity index (χ0) is 16.3. The Kier molecular flexibility index (Phi) is 5.03. The number of nitrogens with zero attached hydrogens (tertiary/aromatic N) is 1. The zero-order valence-electron chi connectivity index (χ0n) is 12.5. The molecule has 1 heterocycles. The highest BCUT2D eigenvalue weighted by Crippen LogP contribution is 2.21. The first kappa shape index (κ1) is 16.7. The molecule has 1 aromatic rings. The Morgan fingerprint density at radius 3 is 2.86 bits per heavy atom. The molecule has 7 heteroatoms. The molecule has 1 aliphatic heterocycles. The van der Waals surface area contributed by atoms with Crippen molar-refractivity contribution in [2.45, 2.75) is 26.0 Å². The molecular formula is C15H18ClFN2O3. The van der Waals surface area contributed by atoms with Crippen LogP contribution in [0.1, 0.15) is 19.4 Å². The summed E-state index contributed by atoms with van der Waals surface area (Å²) in [6, 6.07) is 4.34. The Morgan fingerprint density at radius 1 is 1.50 bits per heavy atom. The Labute approximate surface area is 133 Å². The molecule has 0 unspecified atom stereocenters. The minimum Gasteiger partial charge on any atom is -0.362 e. The lowest BCUT2D eigenvalue weighted by Gasteiger charge is -2.38. The average molecular weight is 329 g/mol. The molecule has 2 amide bonds. The normalized spacial score (nSPS) is 21.5. The molecule has 120 valence electrons. The fourth-order valence-corrected chi connectivity index (χ4v) is 2.56. The second-order valence-corrected chi connectivity index (χ2v) is 5.81. The summed E-state index contributed by atoms with van der Waals surface area (Å²) in [7, 11) is 0. The first-order chi connectivity index (χ1) is 10.3. The van der Waals surface area contributed by atoms with Crippen LogP contribution in [0.25, 0.3) is 0 Å². The number of amides is 2. The van der Waals surface area contributed by atoms with E-state index < -0.39 is 17.3 Å². The van der Waals surface area contributed by atoms with Gasteiger partial charge < -0.3 is 15.0 Å². The van der Waals surface area contributed by atoms with Crippen molar-refractivity contribution < 1.29 is 18.7 Å². The van der Waals surface area contributed by atoms with Crippen LogP contribution in [0.3, 0.4) is 0 Å². The maximum Gasteiger partial charge on any atom is 0.254 e. The molecule has 1 saturated heterocycles. The summed E-state index contributed by atoms with van der Waals surface area (Å²) in [5.41, 5.74) is -0.929. The number of hydrogen-bond acceptors (Lipinski definition) is 3. The third kappa shape index (κ3) is 3.56. The number of benzene rings is 1. The van der Waals surface area contributed by atoms with Crippen LogP contribution in [0.5, 0.6) is 0 Å². The summed E-state index contributed by atoms with van der Waals surface area (Å²) in [4.78, 5) is 25.3. The molecule has 0 radical (unpaired) electrons. The topological polar surface area (TPSA) is 58.6 Å². The van der Waals surface area contributed by atoms with E-state index in [-0.39, 0.29) is 36.2 Å². The molecule has 1 fully saturated rings. The van der Waals surface area contributed by atoms with E-state index in [0.29, 0.717) is 6.54 Å². The van der Waals surface area contributed by atoms with Gasteiger partial charge in [0, 0.05) is 30.6 Å². The summed E-state index contributed by atoms with van der Waals surface area (Å²) < 4.78 is 19.2. The van der Waals surface area contributed by atoms with Gasteiger partial charge in [-0.1, -0.05) is 17.7 Å². The fraction of sp³-hybridized carbons (Fsp3) is 0.467. The van der Waals surface area contributed by atoms with Crippen LogP contribution in [-0.4, -0.2) is 42.0 Å². The third-order valence-electron chi connectivity index (χ3n) is 3.69. The average Bonchev–Trinajstić information content (AvgIpc) is 2.46. The number of carbonyl (C=O) groups excluding carboxylic acids is 2. The van der Waals surface area contributed by atoms with Crippen molar-refractivity contribution in [3.05, 3.63) is 34.6 Å². The quantitative estimate of drug-likeness (QED) is 0.919. The van der Waals surface area contributed by atoms with Crippen LogP contribution in [-0.2, 0) is 20.9 Å². The van der Waals surface area contributed by atoms with Crippen molar-refractivity contribution in [3.8, 4) is 0 Å². The van der Waals surface area contributed by atoms with E-state index in [1.54, 1.807) is 17.9 Å². The largest absolute Gasteiger partial charge is 0.362 e. The molecule has 5 nitrogen and oxygen atoms in total. The second-order valence-electron chi connectivity index (χ2n) is 5.40. The van der Waals surface area contributed by atoms with Gasteiger partial charge in [0.25, 0.3) is 5.91 Å². The maximum atomic E-state index is 13.7. The highest BCUT2D eigenvalue weighted by atomic mass is 35.5.